The summed E-state index contributed by atoms with van der Waals surface area (Å²) in [5, 5.41) is 9.66. The lowest BCUT2D eigenvalue weighted by Gasteiger charge is -2.39. The van der Waals surface area contributed by atoms with E-state index in [1.807, 2.05) is 6.92 Å². The summed E-state index contributed by atoms with van der Waals surface area (Å²) in [5.41, 5.74) is 1.40. The molecule has 0 aromatic heterocycles. The highest BCUT2D eigenvalue weighted by molar-refractivity contribution is 5.15. The molecule has 2 nitrogen and oxygen atoms in total. The van der Waals surface area contributed by atoms with E-state index in [0.29, 0.717) is 6.04 Å². The summed E-state index contributed by atoms with van der Waals surface area (Å²) in [6.45, 7) is 4.93. The van der Waals surface area contributed by atoms with Crippen molar-refractivity contribution in [1.82, 2.24) is 0 Å². The third kappa shape index (κ3) is 4.79. The van der Waals surface area contributed by atoms with Gasteiger partial charge in [-0.1, -0.05) is 43.7 Å². The Hall–Kier alpha value is -0.860. The molecule has 18 heavy (non-hydrogen) atoms. The summed E-state index contributed by atoms with van der Waals surface area (Å²) in [6.07, 6.45) is 3.25. The predicted octanol–water partition coefficient (Wildman–Crippen LogP) is 2.86. The fourth-order valence-corrected chi connectivity index (χ4v) is 2.75. The lowest BCUT2D eigenvalue weighted by Crippen LogP contribution is -2.53. The molecule has 0 aliphatic rings. The second-order valence-corrected chi connectivity index (χ2v) is 5.94. The van der Waals surface area contributed by atoms with E-state index in [1.54, 1.807) is 0 Å². The van der Waals surface area contributed by atoms with Crippen molar-refractivity contribution < 1.29 is 9.59 Å². The molecule has 0 aliphatic carbocycles. The lowest BCUT2D eigenvalue weighted by atomic mass is 9.99. The topological polar surface area (TPSA) is 20.2 Å². The molecule has 1 rings (SSSR count). The fraction of sp³-hybridized carbons (Fsp3) is 0.625. The summed E-state index contributed by atoms with van der Waals surface area (Å²) in [7, 11) is 4.46. The molecule has 0 bridgehead atoms. The Morgan fingerprint density at radius 3 is 2.28 bits per heavy atom. The molecular weight excluding hydrogens is 222 g/mol. The smallest absolute Gasteiger partial charge is 0.105 e. The van der Waals surface area contributed by atoms with Gasteiger partial charge in [-0.2, -0.15) is 0 Å². The number of hydrogen-bond acceptors (Lipinski definition) is 1. The van der Waals surface area contributed by atoms with Crippen LogP contribution in [0.5, 0.6) is 0 Å². The summed E-state index contributed by atoms with van der Waals surface area (Å²) in [5.74, 6) is 0. The first kappa shape index (κ1) is 15.2. The first-order valence-corrected chi connectivity index (χ1v) is 7.00. The van der Waals surface area contributed by atoms with Gasteiger partial charge in [0.15, 0.2) is 0 Å². The first-order chi connectivity index (χ1) is 8.45. The van der Waals surface area contributed by atoms with Crippen molar-refractivity contribution in [3.05, 3.63) is 35.9 Å². The van der Waals surface area contributed by atoms with Gasteiger partial charge in [-0.3, -0.25) is 0 Å². The Balaban J connectivity index is 2.75. The third-order valence-corrected chi connectivity index (χ3v) is 3.66. The van der Waals surface area contributed by atoms with Crippen molar-refractivity contribution in [1.29, 1.82) is 0 Å². The van der Waals surface area contributed by atoms with E-state index in [1.165, 1.54) is 18.4 Å². The molecule has 0 spiro atoms. The monoisotopic (exact) mass is 250 g/mol. The number of hydrogen-bond donors (Lipinski definition) is 1. The molecule has 102 valence electrons. The van der Waals surface area contributed by atoms with Gasteiger partial charge in [0, 0.05) is 6.42 Å². The maximum absolute atomic E-state index is 9.66. The third-order valence-electron chi connectivity index (χ3n) is 3.66. The van der Waals surface area contributed by atoms with E-state index in [0.717, 1.165) is 17.4 Å². The van der Waals surface area contributed by atoms with Crippen molar-refractivity contribution in [3.63, 3.8) is 0 Å². The van der Waals surface area contributed by atoms with Crippen LogP contribution in [0.1, 0.15) is 32.3 Å². The number of benzene rings is 1. The molecule has 0 radical (unpaired) electrons. The zero-order chi connectivity index (χ0) is 13.6. The van der Waals surface area contributed by atoms with Crippen molar-refractivity contribution in [2.75, 3.05) is 20.6 Å². The van der Waals surface area contributed by atoms with E-state index < -0.39 is 0 Å². The van der Waals surface area contributed by atoms with E-state index in [-0.39, 0.29) is 6.10 Å². The summed E-state index contributed by atoms with van der Waals surface area (Å²) in [6, 6.07) is 11.2. The Labute approximate surface area is 112 Å². The van der Waals surface area contributed by atoms with Gasteiger partial charge < -0.3 is 9.59 Å². The lowest BCUT2D eigenvalue weighted by molar-refractivity contribution is -0.918. The molecule has 0 fully saturated rings. The second-order valence-electron chi connectivity index (χ2n) is 5.94. The minimum Gasteiger partial charge on any atom is -0.388 e. The zero-order valence-corrected chi connectivity index (χ0v) is 12.3. The molecule has 0 saturated heterocycles. The van der Waals surface area contributed by atoms with E-state index in [9.17, 15) is 5.11 Å². The number of aliphatic hydroxyl groups excluding tert-OH is 1. The average molecular weight is 250 g/mol. The quantitative estimate of drug-likeness (QED) is 0.738. The van der Waals surface area contributed by atoms with Gasteiger partial charge in [-0.15, -0.1) is 0 Å². The minimum atomic E-state index is -0.241. The van der Waals surface area contributed by atoms with Crippen LogP contribution in [0.25, 0.3) is 0 Å². The summed E-state index contributed by atoms with van der Waals surface area (Å²) in [4.78, 5) is 0. The largest absolute Gasteiger partial charge is 0.388 e. The van der Waals surface area contributed by atoms with Crippen LogP contribution in [0.2, 0.25) is 0 Å². The number of quaternary nitrogens is 1. The van der Waals surface area contributed by atoms with Crippen molar-refractivity contribution in [2.45, 2.75) is 45.3 Å². The van der Waals surface area contributed by atoms with Crippen molar-refractivity contribution in [2.24, 2.45) is 0 Å². The normalized spacial score (nSPS) is 15.4. The molecule has 2 heteroatoms. The number of aliphatic hydroxyl groups is 1. The van der Waals surface area contributed by atoms with Gasteiger partial charge in [0.2, 0.25) is 0 Å². The van der Waals surface area contributed by atoms with Crippen LogP contribution in [-0.4, -0.2) is 42.4 Å². The molecular formula is C16H28NO+. The van der Waals surface area contributed by atoms with Gasteiger partial charge in [0.25, 0.3) is 0 Å². The first-order valence-electron chi connectivity index (χ1n) is 7.00. The van der Waals surface area contributed by atoms with E-state index in [2.05, 4.69) is 51.4 Å². The number of likely N-dealkylation sites (N-methyl/N-ethyl adjacent to an activating group) is 1. The number of rotatable bonds is 7. The fourth-order valence-electron chi connectivity index (χ4n) is 2.75. The molecule has 0 saturated carbocycles. The van der Waals surface area contributed by atoms with Gasteiger partial charge in [0.05, 0.1) is 20.1 Å². The Bertz CT molecular complexity index is 332. The van der Waals surface area contributed by atoms with Gasteiger partial charge >= 0.3 is 0 Å². The van der Waals surface area contributed by atoms with Crippen molar-refractivity contribution in [3.8, 4) is 0 Å². The predicted molar refractivity (Wildman–Crippen MR) is 77.5 cm³/mol. The molecule has 0 heterocycles. The highest BCUT2D eigenvalue weighted by Crippen LogP contribution is 2.18. The molecule has 1 N–H and O–H groups in total. The van der Waals surface area contributed by atoms with Crippen LogP contribution in [-0.2, 0) is 6.42 Å². The van der Waals surface area contributed by atoms with Crippen LogP contribution in [0.3, 0.4) is 0 Å². The Morgan fingerprint density at radius 1 is 1.17 bits per heavy atom. The molecule has 1 aromatic rings. The van der Waals surface area contributed by atoms with Gasteiger partial charge in [-0.05, 0) is 18.9 Å². The molecule has 2 unspecified atom stereocenters. The maximum atomic E-state index is 9.66. The van der Waals surface area contributed by atoms with Crippen LogP contribution in [0.15, 0.2) is 30.3 Å². The molecule has 1 aromatic carbocycles. The maximum Gasteiger partial charge on any atom is 0.105 e. The standard InChI is InChI=1S/C16H28NO/c1-5-9-16(17(3,4)13-14(2)18)12-15-10-7-6-8-11-15/h6-8,10-11,14,16,18H,5,9,12-13H2,1-4H3/q+1. The highest BCUT2D eigenvalue weighted by atomic mass is 16.3. The van der Waals surface area contributed by atoms with E-state index >= 15 is 0 Å². The van der Waals surface area contributed by atoms with Crippen molar-refractivity contribution >= 4 is 0 Å². The highest BCUT2D eigenvalue weighted by Gasteiger charge is 2.28. The minimum absolute atomic E-state index is 0.241. The van der Waals surface area contributed by atoms with Crippen LogP contribution in [0.4, 0.5) is 0 Å². The van der Waals surface area contributed by atoms with Crippen LogP contribution in [0, 0.1) is 0 Å². The van der Waals surface area contributed by atoms with Gasteiger partial charge in [0.1, 0.15) is 12.6 Å². The Kier molecular flexibility index (Phi) is 5.83. The van der Waals surface area contributed by atoms with E-state index in [4.69, 9.17) is 0 Å². The van der Waals surface area contributed by atoms with Crippen LogP contribution < -0.4 is 0 Å². The second kappa shape index (κ2) is 6.91. The van der Waals surface area contributed by atoms with Gasteiger partial charge in [-0.25, -0.2) is 0 Å². The SMILES string of the molecule is CCCC(Cc1ccccc1)[N+](C)(C)CC(C)O. The Morgan fingerprint density at radius 2 is 1.78 bits per heavy atom. The number of nitrogens with zero attached hydrogens (tertiary/aromatic N) is 1. The zero-order valence-electron chi connectivity index (χ0n) is 12.3. The average Bonchev–Trinajstić information content (AvgIpc) is 2.28. The summed E-state index contributed by atoms with van der Waals surface area (Å²) < 4.78 is 0.889. The molecule has 0 amide bonds. The van der Waals surface area contributed by atoms with Crippen LogP contribution >= 0.6 is 0 Å². The molecule has 2 atom stereocenters. The summed E-state index contributed by atoms with van der Waals surface area (Å²) >= 11 is 0. The molecule has 0 aliphatic heterocycles.